The number of halogens is 3. The molecule has 202 valence electrons. The van der Waals surface area contributed by atoms with E-state index in [1.54, 1.807) is 6.92 Å². The van der Waals surface area contributed by atoms with Gasteiger partial charge in [0.05, 0.1) is 12.0 Å². The topological polar surface area (TPSA) is 118 Å². The molecule has 0 aromatic carbocycles. The smallest absolute Gasteiger partial charge is 0.380 e. The van der Waals surface area contributed by atoms with Crippen molar-refractivity contribution >= 4 is 23.4 Å². The summed E-state index contributed by atoms with van der Waals surface area (Å²) in [5, 5.41) is 9.47. The maximum absolute atomic E-state index is 13.5. The molecule has 4 rings (SSSR count). The molecule has 3 amide bonds. The monoisotopic (exact) mass is 524 g/mol. The molecular formula is C24H31F3N6O4. The van der Waals surface area contributed by atoms with Gasteiger partial charge in [0.15, 0.2) is 11.3 Å². The average molecular weight is 525 g/mol. The molecule has 0 saturated carbocycles. The first-order valence-corrected chi connectivity index (χ1v) is 12.4. The van der Waals surface area contributed by atoms with E-state index in [4.69, 9.17) is 4.74 Å². The second-order valence-electron chi connectivity index (χ2n) is 9.71. The highest BCUT2D eigenvalue weighted by Gasteiger charge is 2.43. The van der Waals surface area contributed by atoms with Crippen LogP contribution in [0, 0.1) is 12.3 Å². The lowest BCUT2D eigenvalue weighted by atomic mass is 9.73. The number of likely N-dealkylation sites (tertiary alicyclic amines) is 1. The molecule has 2 fully saturated rings. The van der Waals surface area contributed by atoms with Crippen molar-refractivity contribution in [1.82, 2.24) is 30.1 Å². The van der Waals surface area contributed by atoms with Crippen LogP contribution in [0.1, 0.15) is 60.9 Å². The van der Waals surface area contributed by atoms with Gasteiger partial charge in [-0.15, -0.1) is 0 Å². The third-order valence-corrected chi connectivity index (χ3v) is 7.03. The third kappa shape index (κ3) is 5.86. The van der Waals surface area contributed by atoms with Crippen molar-refractivity contribution in [2.24, 2.45) is 5.41 Å². The van der Waals surface area contributed by atoms with Crippen molar-refractivity contribution in [3.05, 3.63) is 29.2 Å². The van der Waals surface area contributed by atoms with Crippen molar-refractivity contribution in [3.8, 4) is 0 Å². The van der Waals surface area contributed by atoms with Crippen LogP contribution >= 0.6 is 0 Å². The predicted molar refractivity (Wildman–Crippen MR) is 126 cm³/mol. The number of rotatable bonds is 1. The number of piperidine rings is 1. The van der Waals surface area contributed by atoms with Gasteiger partial charge in [-0.25, -0.2) is 9.50 Å². The Morgan fingerprint density at radius 3 is 2.57 bits per heavy atom. The van der Waals surface area contributed by atoms with Crippen LogP contribution in [0.15, 0.2) is 12.1 Å². The summed E-state index contributed by atoms with van der Waals surface area (Å²) in [6, 6.07) is 1.41. The van der Waals surface area contributed by atoms with E-state index in [0.29, 0.717) is 43.5 Å². The molecule has 0 bridgehead atoms. The van der Waals surface area contributed by atoms with Gasteiger partial charge in [-0.3, -0.25) is 14.4 Å². The maximum atomic E-state index is 13.5. The number of carbonyl (C=O) groups excluding carboxylic acids is 3. The summed E-state index contributed by atoms with van der Waals surface area (Å²) in [7, 11) is 0. The van der Waals surface area contributed by atoms with E-state index in [2.05, 4.69) is 20.7 Å². The number of alkyl halides is 3. The quantitative estimate of drug-likeness (QED) is 0.590. The van der Waals surface area contributed by atoms with Gasteiger partial charge in [-0.1, -0.05) is 6.42 Å². The lowest BCUT2D eigenvalue weighted by molar-refractivity contribution is -0.142. The summed E-state index contributed by atoms with van der Waals surface area (Å²) in [6.45, 7) is 4.82. The number of fused-ring (bicyclic) bond motifs is 1. The number of amides is 3. The van der Waals surface area contributed by atoms with Gasteiger partial charge in [0.2, 0.25) is 11.8 Å². The lowest BCUT2D eigenvalue weighted by Gasteiger charge is -2.41. The zero-order valence-corrected chi connectivity index (χ0v) is 20.9. The Morgan fingerprint density at radius 1 is 1.14 bits per heavy atom. The second kappa shape index (κ2) is 10.6. The molecule has 2 saturated heterocycles. The van der Waals surface area contributed by atoms with Crippen molar-refractivity contribution < 1.29 is 32.3 Å². The Bertz CT molecular complexity index is 1170. The van der Waals surface area contributed by atoms with Crippen LogP contribution in [0.5, 0.6) is 0 Å². The van der Waals surface area contributed by atoms with Gasteiger partial charge < -0.3 is 20.3 Å². The number of hydrogen-bond donors (Lipinski definition) is 2. The molecule has 2 N–H and O–H groups in total. The van der Waals surface area contributed by atoms with Crippen LogP contribution in [0.4, 0.5) is 13.2 Å². The molecule has 0 aliphatic carbocycles. The summed E-state index contributed by atoms with van der Waals surface area (Å²) in [5.41, 5.74) is -1.80. The molecule has 0 radical (unpaired) electrons. The summed E-state index contributed by atoms with van der Waals surface area (Å²) in [5.74, 6) is -1.05. The van der Waals surface area contributed by atoms with Crippen molar-refractivity contribution in [2.75, 3.05) is 32.8 Å². The number of carbonyl (C=O) groups is 3. The molecule has 1 atom stereocenters. The molecule has 2 aliphatic rings. The van der Waals surface area contributed by atoms with E-state index in [1.165, 1.54) is 17.9 Å². The zero-order chi connectivity index (χ0) is 26.8. The second-order valence-corrected chi connectivity index (χ2v) is 9.71. The summed E-state index contributed by atoms with van der Waals surface area (Å²) in [4.78, 5) is 44.4. The minimum Gasteiger partial charge on any atom is -0.380 e. The maximum Gasteiger partial charge on any atom is 0.433 e. The first kappa shape index (κ1) is 26.8. The Morgan fingerprint density at radius 2 is 1.86 bits per heavy atom. The van der Waals surface area contributed by atoms with Crippen LogP contribution in [0.2, 0.25) is 0 Å². The summed E-state index contributed by atoms with van der Waals surface area (Å²) in [6.07, 6.45) is -1.86. The molecule has 10 nitrogen and oxygen atoms in total. The highest BCUT2D eigenvalue weighted by molar-refractivity contribution is 5.94. The standard InChI is InChI=1S/C24H31F3N6O4/c1-15-13-18(24(25,26)27)33-19(29-15)14-17(31-33)21(35)32-9-6-23(7-10-32)5-3-4-11-37-12-8-28-20(34)16(2)30-22(23)36/h13-14,16H,3-12H2,1-2H3,(H,28,34)(H,30,36)/t16-/m0/s1. The Hall–Kier alpha value is -3.22. The number of aromatic nitrogens is 3. The zero-order valence-electron chi connectivity index (χ0n) is 20.9. The molecule has 37 heavy (non-hydrogen) atoms. The normalized spacial score (nSPS) is 22.1. The molecule has 0 unspecified atom stereocenters. The fourth-order valence-electron chi connectivity index (χ4n) is 4.88. The minimum atomic E-state index is -4.66. The van der Waals surface area contributed by atoms with Gasteiger partial charge in [-0.2, -0.15) is 18.3 Å². The summed E-state index contributed by atoms with van der Waals surface area (Å²) < 4.78 is 46.6. The molecule has 1 spiro atoms. The summed E-state index contributed by atoms with van der Waals surface area (Å²) >= 11 is 0. The highest BCUT2D eigenvalue weighted by atomic mass is 19.4. The van der Waals surface area contributed by atoms with E-state index < -0.39 is 29.2 Å². The number of nitrogens with zero attached hydrogens (tertiary/aromatic N) is 4. The van der Waals surface area contributed by atoms with Crippen molar-refractivity contribution in [1.29, 1.82) is 0 Å². The third-order valence-electron chi connectivity index (χ3n) is 7.03. The van der Waals surface area contributed by atoms with Crippen LogP contribution in [-0.2, 0) is 20.5 Å². The molecule has 2 aromatic heterocycles. The van der Waals surface area contributed by atoms with Gasteiger partial charge in [0.1, 0.15) is 11.7 Å². The van der Waals surface area contributed by atoms with Gasteiger partial charge in [0, 0.05) is 38.0 Å². The van der Waals surface area contributed by atoms with E-state index >= 15 is 0 Å². The van der Waals surface area contributed by atoms with E-state index in [1.807, 2.05) is 0 Å². The minimum absolute atomic E-state index is 0.0618. The van der Waals surface area contributed by atoms with Crippen molar-refractivity contribution in [3.63, 3.8) is 0 Å². The number of nitrogens with one attached hydrogen (secondary N) is 2. The van der Waals surface area contributed by atoms with Crippen molar-refractivity contribution in [2.45, 2.75) is 58.2 Å². The van der Waals surface area contributed by atoms with Crippen LogP contribution in [0.3, 0.4) is 0 Å². The number of hydrogen-bond acceptors (Lipinski definition) is 6. The first-order chi connectivity index (χ1) is 17.5. The van der Waals surface area contributed by atoms with E-state index in [0.717, 1.165) is 18.9 Å². The van der Waals surface area contributed by atoms with Gasteiger partial charge in [0.25, 0.3) is 5.91 Å². The number of aryl methyl sites for hydroxylation is 1. The Kier molecular flexibility index (Phi) is 7.72. The van der Waals surface area contributed by atoms with Crippen LogP contribution in [0.25, 0.3) is 5.65 Å². The van der Waals surface area contributed by atoms with Crippen LogP contribution < -0.4 is 10.6 Å². The Balaban J connectivity index is 1.51. The largest absolute Gasteiger partial charge is 0.433 e. The average Bonchev–Trinajstić information content (AvgIpc) is 3.27. The van der Waals surface area contributed by atoms with Gasteiger partial charge >= 0.3 is 6.18 Å². The SMILES string of the molecule is Cc1cc(C(F)(F)F)n2nc(C(=O)N3CCC4(CCCCOCCNC(=O)[C@H](C)NC4=O)CC3)cc2n1. The highest BCUT2D eigenvalue weighted by Crippen LogP contribution is 2.38. The number of ether oxygens (including phenoxy) is 1. The van der Waals surface area contributed by atoms with E-state index in [-0.39, 0.29) is 41.9 Å². The predicted octanol–water partition coefficient (Wildman–Crippen LogP) is 2.10. The molecular weight excluding hydrogens is 493 g/mol. The molecule has 2 aliphatic heterocycles. The Labute approximate surface area is 211 Å². The molecule has 13 heteroatoms. The lowest BCUT2D eigenvalue weighted by Crippen LogP contribution is -2.54. The molecule has 2 aromatic rings. The van der Waals surface area contributed by atoms with Gasteiger partial charge in [-0.05, 0) is 45.6 Å². The molecule has 4 heterocycles. The van der Waals surface area contributed by atoms with Crippen LogP contribution in [-0.4, -0.2) is 76.1 Å². The first-order valence-electron chi connectivity index (χ1n) is 12.4. The fraction of sp³-hybridized carbons (Fsp3) is 0.625. The van der Waals surface area contributed by atoms with E-state index in [9.17, 15) is 27.6 Å². The fourth-order valence-corrected chi connectivity index (χ4v) is 4.88.